The molecule has 196 valence electrons. The maximum absolute atomic E-state index is 12.7. The van der Waals surface area contributed by atoms with Crippen LogP contribution in [0.25, 0.3) is 28.2 Å². The molecule has 0 spiro atoms. The van der Waals surface area contributed by atoms with Gasteiger partial charge in [0.2, 0.25) is 5.91 Å². The number of nitrogens with one attached hydrogen (secondary N) is 1. The minimum Gasteiger partial charge on any atom is -0.381 e. The smallest absolute Gasteiger partial charge is 0.223 e. The lowest BCUT2D eigenvalue weighted by atomic mass is 9.97. The Hall–Kier alpha value is -3.20. The van der Waals surface area contributed by atoms with Crippen molar-refractivity contribution >= 4 is 46.1 Å². The number of nitrogens with zero attached hydrogens (tertiary/aromatic N) is 5. The van der Waals surface area contributed by atoms with Crippen molar-refractivity contribution in [2.45, 2.75) is 31.7 Å². The van der Waals surface area contributed by atoms with E-state index in [1.807, 2.05) is 53.1 Å². The molecule has 0 unspecified atom stereocenters. The lowest BCUT2D eigenvalue weighted by Crippen LogP contribution is -2.47. The summed E-state index contributed by atoms with van der Waals surface area (Å²) in [6.07, 6.45) is 4.87. The highest BCUT2D eigenvalue weighted by molar-refractivity contribution is 6.33. The minimum atomic E-state index is 0.0586. The molecule has 1 N–H and O–H groups in total. The van der Waals surface area contributed by atoms with Crippen LogP contribution in [-0.2, 0) is 9.53 Å². The molecule has 38 heavy (non-hydrogen) atoms. The normalized spacial score (nSPS) is 17.2. The quantitative estimate of drug-likeness (QED) is 0.363. The molecule has 4 heterocycles. The molecule has 0 saturated carbocycles. The second-order valence-corrected chi connectivity index (χ2v) is 10.6. The van der Waals surface area contributed by atoms with E-state index in [0.29, 0.717) is 40.2 Å². The molecule has 1 amide bonds. The fourth-order valence-electron chi connectivity index (χ4n) is 5.28. The number of aromatic nitrogens is 4. The van der Waals surface area contributed by atoms with Crippen molar-refractivity contribution in [2.24, 2.45) is 5.92 Å². The number of hydrogen-bond donors (Lipinski definition) is 1. The molecule has 4 aromatic rings. The Morgan fingerprint density at radius 1 is 0.947 bits per heavy atom. The van der Waals surface area contributed by atoms with Gasteiger partial charge in [-0.05, 0) is 62.1 Å². The van der Waals surface area contributed by atoms with Crippen molar-refractivity contribution < 1.29 is 9.53 Å². The molecule has 6 rings (SSSR count). The van der Waals surface area contributed by atoms with Crippen LogP contribution in [0.15, 0.2) is 54.9 Å². The number of fused-ring (bicyclic) bond motifs is 1. The van der Waals surface area contributed by atoms with Crippen LogP contribution in [0.3, 0.4) is 0 Å². The lowest BCUT2D eigenvalue weighted by molar-refractivity contribution is -0.128. The van der Waals surface area contributed by atoms with Crippen molar-refractivity contribution in [3.05, 3.63) is 64.9 Å². The van der Waals surface area contributed by atoms with Gasteiger partial charge in [-0.15, -0.1) is 0 Å². The molecule has 2 aromatic heterocycles. The number of imidazole rings is 1. The van der Waals surface area contributed by atoms with Crippen LogP contribution in [0.4, 0.5) is 5.82 Å². The van der Waals surface area contributed by atoms with Crippen LogP contribution >= 0.6 is 23.2 Å². The summed E-state index contributed by atoms with van der Waals surface area (Å²) in [7, 11) is 0. The highest BCUT2D eigenvalue weighted by Crippen LogP contribution is 2.35. The van der Waals surface area contributed by atoms with E-state index >= 15 is 0 Å². The summed E-state index contributed by atoms with van der Waals surface area (Å²) in [5, 5.41) is 4.52. The SMILES string of the molecule is O=C(NC1CCN(c2ncnc3c2nc(-c2ccccc2Cl)n3-c2ccc(Cl)cc2)CC1)C1CCOCC1. The van der Waals surface area contributed by atoms with Gasteiger partial charge in [-0.3, -0.25) is 9.36 Å². The largest absolute Gasteiger partial charge is 0.381 e. The van der Waals surface area contributed by atoms with E-state index in [2.05, 4.69) is 20.2 Å². The van der Waals surface area contributed by atoms with E-state index in [0.717, 1.165) is 55.8 Å². The van der Waals surface area contributed by atoms with E-state index in [1.54, 1.807) is 6.33 Å². The Bertz CT molecular complexity index is 1440. The van der Waals surface area contributed by atoms with Gasteiger partial charge in [0.15, 0.2) is 17.0 Å². The number of ether oxygens (including phenoxy) is 1. The molecular formula is C28H28Cl2N6O2. The van der Waals surface area contributed by atoms with Crippen LogP contribution in [0.2, 0.25) is 10.0 Å². The highest BCUT2D eigenvalue weighted by Gasteiger charge is 2.28. The third kappa shape index (κ3) is 4.96. The van der Waals surface area contributed by atoms with Crippen molar-refractivity contribution in [2.75, 3.05) is 31.2 Å². The van der Waals surface area contributed by atoms with Gasteiger partial charge in [-0.1, -0.05) is 35.3 Å². The van der Waals surface area contributed by atoms with E-state index in [9.17, 15) is 4.79 Å². The predicted octanol–water partition coefficient (Wildman–Crippen LogP) is 5.30. The molecule has 2 fully saturated rings. The second-order valence-electron chi connectivity index (χ2n) is 9.75. The summed E-state index contributed by atoms with van der Waals surface area (Å²) in [6, 6.07) is 15.4. The zero-order valence-corrected chi connectivity index (χ0v) is 22.3. The topological polar surface area (TPSA) is 85.2 Å². The van der Waals surface area contributed by atoms with Crippen molar-refractivity contribution in [1.29, 1.82) is 0 Å². The van der Waals surface area contributed by atoms with Gasteiger partial charge in [-0.2, -0.15) is 0 Å². The molecule has 0 aliphatic carbocycles. The van der Waals surface area contributed by atoms with Gasteiger partial charge < -0.3 is 15.0 Å². The van der Waals surface area contributed by atoms with Gasteiger partial charge in [-0.25, -0.2) is 15.0 Å². The molecule has 2 aliphatic heterocycles. The molecule has 0 atom stereocenters. The number of amides is 1. The van der Waals surface area contributed by atoms with Gasteiger partial charge >= 0.3 is 0 Å². The van der Waals surface area contributed by atoms with Gasteiger partial charge in [0, 0.05) is 54.5 Å². The van der Waals surface area contributed by atoms with Crippen LogP contribution in [-0.4, -0.2) is 57.8 Å². The fraction of sp³-hybridized carbons (Fsp3) is 0.357. The Morgan fingerprint density at radius 2 is 1.68 bits per heavy atom. The van der Waals surface area contributed by atoms with Crippen molar-refractivity contribution in [1.82, 2.24) is 24.8 Å². The Kier molecular flexibility index (Phi) is 7.19. The summed E-state index contributed by atoms with van der Waals surface area (Å²) in [5.41, 5.74) is 3.10. The second kappa shape index (κ2) is 10.9. The number of carbonyl (C=O) groups is 1. The average Bonchev–Trinajstić information content (AvgIpc) is 3.34. The summed E-state index contributed by atoms with van der Waals surface area (Å²) < 4.78 is 7.40. The van der Waals surface area contributed by atoms with Crippen LogP contribution < -0.4 is 10.2 Å². The third-order valence-electron chi connectivity index (χ3n) is 7.36. The maximum Gasteiger partial charge on any atom is 0.223 e. The van der Waals surface area contributed by atoms with E-state index < -0.39 is 0 Å². The standard InChI is InChI=1S/C28H28Cl2N6O2/c29-19-5-7-21(8-6-19)36-25(22-3-1-2-4-23(22)30)34-24-26(31-17-32-27(24)36)35-13-9-20(10-14-35)33-28(37)18-11-15-38-16-12-18/h1-8,17-18,20H,9-16H2,(H,33,37). The molecule has 8 nitrogen and oxygen atoms in total. The first-order valence-electron chi connectivity index (χ1n) is 13.0. The van der Waals surface area contributed by atoms with E-state index in [1.165, 1.54) is 0 Å². The monoisotopic (exact) mass is 550 g/mol. The van der Waals surface area contributed by atoms with Crippen LogP contribution in [0, 0.1) is 5.92 Å². The summed E-state index contributed by atoms with van der Waals surface area (Å²) in [4.78, 5) is 29.3. The first-order valence-corrected chi connectivity index (χ1v) is 13.7. The van der Waals surface area contributed by atoms with E-state index in [4.69, 9.17) is 32.9 Å². The van der Waals surface area contributed by atoms with Crippen molar-refractivity contribution in [3.63, 3.8) is 0 Å². The Morgan fingerprint density at radius 3 is 2.42 bits per heavy atom. The van der Waals surface area contributed by atoms with Gasteiger partial charge in [0.05, 0.1) is 5.02 Å². The van der Waals surface area contributed by atoms with Crippen molar-refractivity contribution in [3.8, 4) is 17.1 Å². The minimum absolute atomic E-state index is 0.0586. The van der Waals surface area contributed by atoms with Gasteiger partial charge in [0.1, 0.15) is 12.2 Å². The summed E-state index contributed by atoms with van der Waals surface area (Å²) in [5.74, 6) is 1.68. The molecule has 10 heteroatoms. The molecule has 2 aromatic carbocycles. The number of halogens is 2. The predicted molar refractivity (Wildman–Crippen MR) is 149 cm³/mol. The van der Waals surface area contributed by atoms with Crippen LogP contribution in [0.5, 0.6) is 0 Å². The molecule has 2 saturated heterocycles. The average molecular weight is 551 g/mol. The lowest BCUT2D eigenvalue weighted by Gasteiger charge is -2.34. The number of carbonyl (C=O) groups excluding carboxylic acids is 1. The highest BCUT2D eigenvalue weighted by atomic mass is 35.5. The number of hydrogen-bond acceptors (Lipinski definition) is 6. The molecule has 0 bridgehead atoms. The fourth-order valence-corrected chi connectivity index (χ4v) is 5.63. The maximum atomic E-state index is 12.7. The number of benzene rings is 2. The summed E-state index contributed by atoms with van der Waals surface area (Å²) in [6.45, 7) is 2.86. The number of rotatable bonds is 5. The number of piperidine rings is 1. The zero-order valence-electron chi connectivity index (χ0n) is 20.8. The van der Waals surface area contributed by atoms with E-state index in [-0.39, 0.29) is 17.9 Å². The number of anilines is 1. The molecule has 2 aliphatic rings. The first kappa shape index (κ1) is 25.1. The first-order chi connectivity index (χ1) is 18.6. The zero-order chi connectivity index (χ0) is 26.1. The molecular weight excluding hydrogens is 523 g/mol. The Labute approximate surface area is 230 Å². The Balaban J connectivity index is 1.30. The third-order valence-corrected chi connectivity index (χ3v) is 7.94. The van der Waals surface area contributed by atoms with Crippen LogP contribution in [0.1, 0.15) is 25.7 Å². The van der Waals surface area contributed by atoms with Gasteiger partial charge in [0.25, 0.3) is 0 Å². The summed E-state index contributed by atoms with van der Waals surface area (Å²) >= 11 is 12.8. The molecule has 0 radical (unpaired) electrons.